The van der Waals surface area contributed by atoms with Gasteiger partial charge in [0.2, 0.25) is 11.7 Å². The summed E-state index contributed by atoms with van der Waals surface area (Å²) in [7, 11) is 3.59. The number of urea groups is 1. The third-order valence-electron chi connectivity index (χ3n) is 5.58. The van der Waals surface area contributed by atoms with Crippen molar-refractivity contribution in [1.82, 2.24) is 20.4 Å². The third kappa shape index (κ3) is 3.07. The predicted molar refractivity (Wildman–Crippen MR) is 95.6 cm³/mol. The predicted octanol–water partition coefficient (Wildman–Crippen LogP) is 2.85. The van der Waals surface area contributed by atoms with Crippen LogP contribution >= 0.6 is 0 Å². The van der Waals surface area contributed by atoms with Crippen molar-refractivity contribution >= 4 is 6.03 Å². The summed E-state index contributed by atoms with van der Waals surface area (Å²) in [6.07, 6.45) is 3.96. The first-order valence-corrected chi connectivity index (χ1v) is 9.04. The Morgan fingerprint density at radius 1 is 1.38 bits per heavy atom. The van der Waals surface area contributed by atoms with Crippen LogP contribution in [0.2, 0.25) is 0 Å². The molecule has 1 atom stereocenters. The fourth-order valence-electron chi connectivity index (χ4n) is 3.79. The van der Waals surface area contributed by atoms with Crippen molar-refractivity contribution < 1.29 is 14.1 Å². The van der Waals surface area contributed by atoms with Crippen LogP contribution in [0.25, 0.3) is 11.4 Å². The van der Waals surface area contributed by atoms with Gasteiger partial charge < -0.3 is 19.5 Å². The summed E-state index contributed by atoms with van der Waals surface area (Å²) in [6, 6.07) is 6.47. The quantitative estimate of drug-likeness (QED) is 0.911. The smallest absolute Gasteiger partial charge is 0.317 e. The lowest BCUT2D eigenvalue weighted by atomic mass is 9.88. The summed E-state index contributed by atoms with van der Waals surface area (Å²) >= 11 is 0. The average molecular weight is 356 g/mol. The van der Waals surface area contributed by atoms with Crippen LogP contribution < -0.4 is 5.32 Å². The van der Waals surface area contributed by atoms with Crippen molar-refractivity contribution in [3.05, 3.63) is 35.2 Å². The molecule has 0 unspecified atom stereocenters. The monoisotopic (exact) mass is 356 g/mol. The molecule has 7 heteroatoms. The molecule has 0 aliphatic heterocycles. The lowest BCUT2D eigenvalue weighted by Crippen LogP contribution is -2.51. The maximum Gasteiger partial charge on any atom is 0.317 e. The molecule has 0 bridgehead atoms. The van der Waals surface area contributed by atoms with E-state index in [2.05, 4.69) is 27.6 Å². The van der Waals surface area contributed by atoms with Crippen LogP contribution in [0.1, 0.15) is 42.3 Å². The molecule has 1 N–H and O–H groups in total. The van der Waals surface area contributed by atoms with E-state index in [0.717, 1.165) is 31.2 Å². The van der Waals surface area contributed by atoms with Gasteiger partial charge in [-0.15, -0.1) is 0 Å². The summed E-state index contributed by atoms with van der Waals surface area (Å²) in [5, 5.41) is 7.15. The Hall–Kier alpha value is -2.41. The number of benzene rings is 1. The molecule has 1 fully saturated rings. The maximum atomic E-state index is 12.6. The SMILES string of the molecule is COC1CC(N(C)C(=O)N[C@@H]2CCc3cc(-c4noc(C)n4)ccc32)C1. The molecule has 1 saturated carbocycles. The van der Waals surface area contributed by atoms with Gasteiger partial charge in [-0.1, -0.05) is 17.3 Å². The second-order valence-corrected chi connectivity index (χ2v) is 7.19. The first-order valence-electron chi connectivity index (χ1n) is 9.04. The van der Waals surface area contributed by atoms with Gasteiger partial charge in [0.25, 0.3) is 0 Å². The number of methoxy groups -OCH3 is 1. The van der Waals surface area contributed by atoms with E-state index in [1.54, 1.807) is 14.0 Å². The van der Waals surface area contributed by atoms with E-state index in [1.807, 2.05) is 18.0 Å². The lowest BCUT2D eigenvalue weighted by Gasteiger charge is -2.40. The van der Waals surface area contributed by atoms with Crippen molar-refractivity contribution in [2.24, 2.45) is 0 Å². The molecule has 0 saturated heterocycles. The Labute approximate surface area is 152 Å². The average Bonchev–Trinajstić information content (AvgIpc) is 3.20. The first-order chi connectivity index (χ1) is 12.5. The standard InChI is InChI=1S/C19H24N4O3/c1-11-20-18(22-26-11)13-4-6-16-12(8-13)5-7-17(16)21-19(24)23(2)14-9-15(10-14)25-3/h4,6,8,14-15,17H,5,7,9-10H2,1-3H3,(H,21,24)/t14?,15?,17-/m1/s1. The molecule has 7 nitrogen and oxygen atoms in total. The second kappa shape index (κ2) is 6.72. The van der Waals surface area contributed by atoms with Crippen LogP contribution in [0.3, 0.4) is 0 Å². The summed E-state index contributed by atoms with van der Waals surface area (Å²) in [4.78, 5) is 18.7. The number of fused-ring (bicyclic) bond motifs is 1. The van der Waals surface area contributed by atoms with Gasteiger partial charge in [-0.2, -0.15) is 4.98 Å². The Bertz CT molecular complexity index is 813. The van der Waals surface area contributed by atoms with Gasteiger partial charge in [-0.05, 0) is 42.9 Å². The Kier molecular flexibility index (Phi) is 4.40. The zero-order valence-corrected chi connectivity index (χ0v) is 15.4. The number of hydrogen-bond acceptors (Lipinski definition) is 5. The van der Waals surface area contributed by atoms with Crippen molar-refractivity contribution in [1.29, 1.82) is 0 Å². The Morgan fingerprint density at radius 2 is 2.19 bits per heavy atom. The highest BCUT2D eigenvalue weighted by Crippen LogP contribution is 2.34. The van der Waals surface area contributed by atoms with E-state index < -0.39 is 0 Å². The normalized spacial score (nSPS) is 24.0. The fraction of sp³-hybridized carbons (Fsp3) is 0.526. The number of carbonyl (C=O) groups excluding carboxylic acids is 1. The number of rotatable bonds is 4. The van der Waals surface area contributed by atoms with Crippen LogP contribution in [-0.4, -0.2) is 47.4 Å². The molecular weight excluding hydrogens is 332 g/mol. The molecular formula is C19H24N4O3. The Morgan fingerprint density at radius 3 is 2.88 bits per heavy atom. The third-order valence-corrected chi connectivity index (χ3v) is 5.58. The van der Waals surface area contributed by atoms with Gasteiger partial charge in [0.15, 0.2) is 0 Å². The number of aromatic nitrogens is 2. The van der Waals surface area contributed by atoms with Crippen LogP contribution in [0.4, 0.5) is 4.79 Å². The molecule has 4 rings (SSSR count). The maximum absolute atomic E-state index is 12.6. The van der Waals surface area contributed by atoms with E-state index in [-0.39, 0.29) is 24.2 Å². The lowest BCUT2D eigenvalue weighted by molar-refractivity contribution is -0.00872. The van der Waals surface area contributed by atoms with Crippen molar-refractivity contribution in [3.8, 4) is 11.4 Å². The number of ether oxygens (including phenoxy) is 1. The molecule has 1 aromatic heterocycles. The minimum atomic E-state index is -0.0136. The highest BCUT2D eigenvalue weighted by Gasteiger charge is 2.35. The molecule has 138 valence electrons. The van der Waals surface area contributed by atoms with Gasteiger partial charge in [0.1, 0.15) is 0 Å². The number of hydrogen-bond donors (Lipinski definition) is 1. The van der Waals surface area contributed by atoms with E-state index >= 15 is 0 Å². The van der Waals surface area contributed by atoms with Gasteiger partial charge in [0, 0.05) is 32.7 Å². The molecule has 0 radical (unpaired) electrons. The van der Waals surface area contributed by atoms with Gasteiger partial charge in [-0.25, -0.2) is 4.79 Å². The zero-order chi connectivity index (χ0) is 18.3. The molecule has 0 spiro atoms. The topological polar surface area (TPSA) is 80.5 Å². The second-order valence-electron chi connectivity index (χ2n) is 7.19. The summed E-state index contributed by atoms with van der Waals surface area (Å²) < 4.78 is 10.4. The number of amides is 2. The Balaban J connectivity index is 1.42. The summed E-state index contributed by atoms with van der Waals surface area (Å²) in [5.74, 6) is 1.16. The minimum Gasteiger partial charge on any atom is -0.381 e. The van der Waals surface area contributed by atoms with Crippen molar-refractivity contribution in [2.45, 2.75) is 50.8 Å². The highest BCUT2D eigenvalue weighted by atomic mass is 16.5. The summed E-state index contributed by atoms with van der Waals surface area (Å²) in [6.45, 7) is 1.78. The van der Waals surface area contributed by atoms with Crippen LogP contribution in [0, 0.1) is 6.92 Å². The molecule has 1 aromatic carbocycles. The molecule has 2 aliphatic carbocycles. The van der Waals surface area contributed by atoms with Crippen LogP contribution in [-0.2, 0) is 11.2 Å². The van der Waals surface area contributed by atoms with Crippen LogP contribution in [0.15, 0.2) is 22.7 Å². The number of aryl methyl sites for hydroxylation is 2. The number of carbonyl (C=O) groups is 1. The van der Waals surface area contributed by atoms with Crippen molar-refractivity contribution in [3.63, 3.8) is 0 Å². The molecule has 2 aromatic rings. The number of nitrogens with zero attached hydrogens (tertiary/aromatic N) is 3. The first kappa shape index (κ1) is 17.0. The van der Waals surface area contributed by atoms with Crippen molar-refractivity contribution in [2.75, 3.05) is 14.2 Å². The van der Waals surface area contributed by atoms with E-state index in [0.29, 0.717) is 11.7 Å². The van der Waals surface area contributed by atoms with Gasteiger partial charge in [0.05, 0.1) is 12.1 Å². The van der Waals surface area contributed by atoms with E-state index in [1.165, 1.54) is 11.1 Å². The zero-order valence-electron chi connectivity index (χ0n) is 15.4. The molecule has 1 heterocycles. The van der Waals surface area contributed by atoms with Gasteiger partial charge >= 0.3 is 6.03 Å². The fourth-order valence-corrected chi connectivity index (χ4v) is 3.79. The minimum absolute atomic E-state index is 0.0136. The van der Waals surface area contributed by atoms with E-state index in [4.69, 9.17) is 9.26 Å². The van der Waals surface area contributed by atoms with Gasteiger partial charge in [-0.3, -0.25) is 0 Å². The molecule has 2 aliphatic rings. The summed E-state index contributed by atoms with van der Waals surface area (Å²) in [5.41, 5.74) is 3.37. The number of nitrogens with one attached hydrogen (secondary N) is 1. The largest absolute Gasteiger partial charge is 0.381 e. The van der Waals surface area contributed by atoms with E-state index in [9.17, 15) is 4.79 Å². The van der Waals surface area contributed by atoms with Crippen LogP contribution in [0.5, 0.6) is 0 Å². The molecule has 2 amide bonds. The molecule has 26 heavy (non-hydrogen) atoms. The highest BCUT2D eigenvalue weighted by molar-refractivity contribution is 5.75.